The molecule has 11 aromatic rings. The molecule has 0 aliphatic heterocycles. The zero-order valence-corrected chi connectivity index (χ0v) is 27.1. The molecule has 0 radical (unpaired) electrons. The smallest absolute Gasteiger partial charge is 0.146 e. The number of furan rings is 2. The summed E-state index contributed by atoms with van der Waals surface area (Å²) in [5.74, 6) is 0. The molecule has 11 rings (SSSR count). The fraction of sp³-hybridized carbons (Fsp3) is 0. The predicted octanol–water partition coefficient (Wildman–Crippen LogP) is 14.0. The van der Waals surface area contributed by atoms with E-state index in [1.54, 1.807) is 0 Å². The standard InChI is InChI=1S/C46H26O2S/c1-2-10-27(11-3-1)38-26-47-46-35(38)21-22-39-45(46)36-20-18-29(25-40(36)48-39)44-33-15-6-4-13-31(33)43(32-14-5-7-16-34(32)44)28-19-23-42-37(24-28)30-12-8-9-17-41(30)49-42/h1-26H. The third-order valence-corrected chi connectivity index (χ3v) is 11.3. The molecule has 0 bridgehead atoms. The fourth-order valence-corrected chi connectivity index (χ4v) is 9.07. The number of hydrogen-bond acceptors (Lipinski definition) is 3. The van der Waals surface area contributed by atoms with Crippen LogP contribution in [0, 0.1) is 0 Å². The van der Waals surface area contributed by atoms with Gasteiger partial charge in [0.1, 0.15) is 16.7 Å². The van der Waals surface area contributed by atoms with E-state index in [0.29, 0.717) is 0 Å². The lowest BCUT2D eigenvalue weighted by molar-refractivity contribution is 0.619. The molecule has 3 heteroatoms. The summed E-state index contributed by atoms with van der Waals surface area (Å²) in [5.41, 5.74) is 9.62. The molecule has 3 aromatic heterocycles. The topological polar surface area (TPSA) is 26.3 Å². The van der Waals surface area contributed by atoms with Crippen LogP contribution in [-0.2, 0) is 0 Å². The van der Waals surface area contributed by atoms with E-state index in [1.807, 2.05) is 23.7 Å². The van der Waals surface area contributed by atoms with Crippen LogP contribution < -0.4 is 0 Å². The number of thiophene rings is 1. The van der Waals surface area contributed by atoms with Crippen molar-refractivity contribution in [3.05, 3.63) is 158 Å². The first-order valence-electron chi connectivity index (χ1n) is 16.6. The van der Waals surface area contributed by atoms with Gasteiger partial charge in [0.15, 0.2) is 0 Å². The molecule has 0 saturated carbocycles. The lowest BCUT2D eigenvalue weighted by Crippen LogP contribution is -1.90. The van der Waals surface area contributed by atoms with Gasteiger partial charge in [-0.15, -0.1) is 11.3 Å². The molecule has 0 unspecified atom stereocenters. The van der Waals surface area contributed by atoms with Gasteiger partial charge in [-0.25, -0.2) is 0 Å². The highest BCUT2D eigenvalue weighted by atomic mass is 32.1. The second kappa shape index (κ2) is 10.2. The third kappa shape index (κ3) is 3.88. The Morgan fingerprint density at radius 1 is 0.388 bits per heavy atom. The first kappa shape index (κ1) is 26.9. The Bertz CT molecular complexity index is 3050. The van der Waals surface area contributed by atoms with Gasteiger partial charge in [0, 0.05) is 36.5 Å². The Balaban J connectivity index is 1.14. The van der Waals surface area contributed by atoms with E-state index in [4.69, 9.17) is 8.83 Å². The van der Waals surface area contributed by atoms with E-state index < -0.39 is 0 Å². The second-order valence-electron chi connectivity index (χ2n) is 12.8. The molecular formula is C46H26O2S. The van der Waals surface area contributed by atoms with Crippen molar-refractivity contribution < 1.29 is 8.83 Å². The van der Waals surface area contributed by atoms with Gasteiger partial charge in [-0.3, -0.25) is 0 Å². The molecular weight excluding hydrogens is 617 g/mol. The number of benzene rings is 8. The van der Waals surface area contributed by atoms with Gasteiger partial charge >= 0.3 is 0 Å². The zero-order valence-electron chi connectivity index (χ0n) is 26.2. The zero-order chi connectivity index (χ0) is 32.1. The minimum absolute atomic E-state index is 0.829. The van der Waals surface area contributed by atoms with Gasteiger partial charge in [0.2, 0.25) is 0 Å². The largest absolute Gasteiger partial charge is 0.463 e. The predicted molar refractivity (Wildman–Crippen MR) is 208 cm³/mol. The Labute approximate surface area is 285 Å². The summed E-state index contributed by atoms with van der Waals surface area (Å²) in [5, 5.41) is 10.7. The maximum Gasteiger partial charge on any atom is 0.146 e. The van der Waals surface area contributed by atoms with Crippen LogP contribution in [0.1, 0.15) is 0 Å². The van der Waals surface area contributed by atoms with Crippen molar-refractivity contribution in [1.82, 2.24) is 0 Å². The first-order chi connectivity index (χ1) is 24.3. The number of hydrogen-bond donors (Lipinski definition) is 0. The summed E-state index contributed by atoms with van der Waals surface area (Å²) in [4.78, 5) is 0. The minimum atomic E-state index is 0.829. The summed E-state index contributed by atoms with van der Waals surface area (Å²) in [7, 11) is 0. The molecule has 0 atom stereocenters. The number of rotatable bonds is 3. The lowest BCUT2D eigenvalue weighted by atomic mass is 9.85. The van der Waals surface area contributed by atoms with E-state index >= 15 is 0 Å². The van der Waals surface area contributed by atoms with Crippen molar-refractivity contribution in [2.45, 2.75) is 0 Å². The Hall–Kier alpha value is -6.16. The van der Waals surface area contributed by atoms with Crippen LogP contribution in [-0.4, -0.2) is 0 Å². The van der Waals surface area contributed by atoms with Crippen molar-refractivity contribution in [1.29, 1.82) is 0 Å². The molecule has 0 amide bonds. The van der Waals surface area contributed by atoms with Crippen molar-refractivity contribution in [3.8, 4) is 33.4 Å². The van der Waals surface area contributed by atoms with Gasteiger partial charge in [0.05, 0.1) is 11.6 Å². The van der Waals surface area contributed by atoms with Crippen molar-refractivity contribution in [2.75, 3.05) is 0 Å². The molecule has 0 saturated heterocycles. The molecule has 0 aliphatic rings. The second-order valence-corrected chi connectivity index (χ2v) is 13.9. The fourth-order valence-electron chi connectivity index (χ4n) is 7.98. The van der Waals surface area contributed by atoms with Crippen molar-refractivity contribution >= 4 is 86.0 Å². The SMILES string of the molecule is c1ccc(-c2coc3c2ccc2oc4cc(-c5c6ccccc6c(-c6ccc7sc8ccccc8c7c6)c6ccccc56)ccc4c23)cc1. The molecule has 3 heterocycles. The van der Waals surface area contributed by atoms with Crippen LogP contribution in [0.2, 0.25) is 0 Å². The summed E-state index contributed by atoms with van der Waals surface area (Å²) in [6.45, 7) is 0. The quantitative estimate of drug-likeness (QED) is 0.179. The maximum absolute atomic E-state index is 6.56. The van der Waals surface area contributed by atoms with Crippen molar-refractivity contribution in [3.63, 3.8) is 0 Å². The van der Waals surface area contributed by atoms with Gasteiger partial charge in [-0.2, -0.15) is 0 Å². The average molecular weight is 643 g/mol. The molecule has 0 N–H and O–H groups in total. The minimum Gasteiger partial charge on any atom is -0.463 e. The summed E-state index contributed by atoms with van der Waals surface area (Å²) in [6, 6.07) is 54.6. The highest BCUT2D eigenvalue weighted by molar-refractivity contribution is 7.25. The molecule has 2 nitrogen and oxygen atoms in total. The van der Waals surface area contributed by atoms with Gasteiger partial charge < -0.3 is 8.83 Å². The molecule has 0 fully saturated rings. The summed E-state index contributed by atoms with van der Waals surface area (Å²) < 4.78 is 15.5. The summed E-state index contributed by atoms with van der Waals surface area (Å²) >= 11 is 1.86. The van der Waals surface area contributed by atoms with Crippen LogP contribution in [0.5, 0.6) is 0 Å². The molecule has 0 aliphatic carbocycles. The van der Waals surface area contributed by atoms with E-state index in [9.17, 15) is 0 Å². The number of fused-ring (bicyclic) bond motifs is 10. The Kier molecular flexibility index (Phi) is 5.57. The van der Waals surface area contributed by atoms with Crippen molar-refractivity contribution in [2.24, 2.45) is 0 Å². The van der Waals surface area contributed by atoms with E-state index in [2.05, 4.69) is 146 Å². The molecule has 0 spiro atoms. The van der Waals surface area contributed by atoms with E-state index in [-0.39, 0.29) is 0 Å². The van der Waals surface area contributed by atoms with E-state index in [1.165, 1.54) is 58.4 Å². The lowest BCUT2D eigenvalue weighted by Gasteiger charge is -2.18. The normalized spacial score (nSPS) is 12.1. The Morgan fingerprint density at radius 2 is 0.980 bits per heavy atom. The third-order valence-electron chi connectivity index (χ3n) is 10.1. The van der Waals surface area contributed by atoms with Gasteiger partial charge in [-0.1, -0.05) is 109 Å². The van der Waals surface area contributed by atoms with Crippen LogP contribution in [0.4, 0.5) is 0 Å². The van der Waals surface area contributed by atoms with Gasteiger partial charge in [0.25, 0.3) is 0 Å². The Morgan fingerprint density at radius 3 is 1.71 bits per heavy atom. The monoisotopic (exact) mass is 642 g/mol. The van der Waals surface area contributed by atoms with Crippen LogP contribution in [0.25, 0.3) is 108 Å². The molecule has 49 heavy (non-hydrogen) atoms. The average Bonchev–Trinajstić information content (AvgIpc) is 3.86. The highest BCUT2D eigenvalue weighted by Gasteiger charge is 2.20. The van der Waals surface area contributed by atoms with Crippen LogP contribution >= 0.6 is 11.3 Å². The highest BCUT2D eigenvalue weighted by Crippen LogP contribution is 2.47. The van der Waals surface area contributed by atoms with Crippen LogP contribution in [0.15, 0.2) is 167 Å². The molecule has 8 aromatic carbocycles. The molecule has 228 valence electrons. The summed E-state index contributed by atoms with van der Waals surface area (Å²) in [6.07, 6.45) is 1.87. The first-order valence-corrected chi connectivity index (χ1v) is 17.4. The maximum atomic E-state index is 6.56. The van der Waals surface area contributed by atoms with E-state index in [0.717, 1.165) is 49.6 Å². The van der Waals surface area contributed by atoms with Gasteiger partial charge in [-0.05, 0) is 91.8 Å². The van der Waals surface area contributed by atoms with Crippen LogP contribution in [0.3, 0.4) is 0 Å².